The van der Waals surface area contributed by atoms with Crippen LogP contribution in [-0.4, -0.2) is 66.8 Å². The van der Waals surface area contributed by atoms with Crippen LogP contribution in [0.1, 0.15) is 0 Å². The van der Waals surface area contributed by atoms with E-state index in [1.807, 2.05) is 0 Å². The van der Waals surface area contributed by atoms with Crippen LogP contribution in [0.2, 0.25) is 0 Å². The van der Waals surface area contributed by atoms with Crippen molar-refractivity contribution in [1.82, 2.24) is 4.90 Å². The Balaban J connectivity index is 3.58. The standard InChI is InChI=1S/C9H21NO6/c1-11-7-14-4-10(5-15-8-12-2)6-16-9-13-3/h4-9H2,1-3H3. The second-order valence-corrected chi connectivity index (χ2v) is 2.89. The Morgan fingerprint density at radius 1 is 0.625 bits per heavy atom. The van der Waals surface area contributed by atoms with Crippen LogP contribution in [0, 0.1) is 0 Å². The Hall–Kier alpha value is -0.280. The first-order valence-corrected chi connectivity index (χ1v) is 4.77. The molecule has 0 bridgehead atoms. The van der Waals surface area contributed by atoms with Crippen molar-refractivity contribution in [2.45, 2.75) is 0 Å². The van der Waals surface area contributed by atoms with Crippen molar-refractivity contribution in [1.29, 1.82) is 0 Å². The van der Waals surface area contributed by atoms with E-state index in [2.05, 4.69) is 0 Å². The first-order chi connectivity index (χ1) is 7.85. The summed E-state index contributed by atoms with van der Waals surface area (Å²) >= 11 is 0. The Morgan fingerprint density at radius 3 is 1.19 bits per heavy atom. The van der Waals surface area contributed by atoms with E-state index in [1.54, 1.807) is 26.2 Å². The van der Waals surface area contributed by atoms with E-state index in [9.17, 15) is 0 Å². The first kappa shape index (κ1) is 15.7. The summed E-state index contributed by atoms with van der Waals surface area (Å²) in [4.78, 5) is 1.79. The van der Waals surface area contributed by atoms with Gasteiger partial charge in [-0.3, -0.25) is 0 Å². The molecule has 0 radical (unpaired) electrons. The van der Waals surface area contributed by atoms with Crippen molar-refractivity contribution in [3.8, 4) is 0 Å². The highest BCUT2D eigenvalue weighted by atomic mass is 16.7. The Labute approximate surface area is 96.1 Å². The van der Waals surface area contributed by atoms with E-state index < -0.39 is 0 Å². The molecular formula is C9H21NO6. The molecule has 0 atom stereocenters. The number of nitrogens with zero attached hydrogens (tertiary/aromatic N) is 1. The summed E-state index contributed by atoms with van der Waals surface area (Å²) in [5.74, 6) is 0. The summed E-state index contributed by atoms with van der Waals surface area (Å²) in [6.45, 7) is 1.73. The van der Waals surface area contributed by atoms with E-state index >= 15 is 0 Å². The predicted molar refractivity (Wildman–Crippen MR) is 55.3 cm³/mol. The average molecular weight is 239 g/mol. The summed E-state index contributed by atoms with van der Waals surface area (Å²) in [5.41, 5.74) is 0. The fourth-order valence-corrected chi connectivity index (χ4v) is 0.861. The molecule has 0 fully saturated rings. The fraction of sp³-hybridized carbons (Fsp3) is 1.00. The van der Waals surface area contributed by atoms with Crippen LogP contribution >= 0.6 is 0 Å². The minimum atomic E-state index is 0.227. The zero-order chi connectivity index (χ0) is 12.1. The molecule has 0 rings (SSSR count). The molecule has 0 aliphatic carbocycles. The highest BCUT2D eigenvalue weighted by Crippen LogP contribution is 1.92. The maximum atomic E-state index is 5.17. The van der Waals surface area contributed by atoms with Crippen LogP contribution in [0.15, 0.2) is 0 Å². The van der Waals surface area contributed by atoms with Gasteiger partial charge >= 0.3 is 0 Å². The molecule has 0 N–H and O–H groups in total. The molecular weight excluding hydrogens is 218 g/mol. The minimum Gasteiger partial charge on any atom is -0.359 e. The van der Waals surface area contributed by atoms with Crippen molar-refractivity contribution in [2.75, 3.05) is 61.9 Å². The lowest BCUT2D eigenvalue weighted by molar-refractivity contribution is -0.166. The minimum absolute atomic E-state index is 0.227. The lowest BCUT2D eigenvalue weighted by Crippen LogP contribution is -2.32. The second kappa shape index (κ2) is 12.8. The van der Waals surface area contributed by atoms with Crippen LogP contribution in [0.4, 0.5) is 0 Å². The number of hydrogen-bond donors (Lipinski definition) is 0. The maximum absolute atomic E-state index is 5.17. The monoisotopic (exact) mass is 239 g/mol. The van der Waals surface area contributed by atoms with Gasteiger partial charge in [0.25, 0.3) is 0 Å². The Morgan fingerprint density at radius 2 is 0.938 bits per heavy atom. The third-order valence-electron chi connectivity index (χ3n) is 1.43. The van der Waals surface area contributed by atoms with Crippen molar-refractivity contribution in [2.24, 2.45) is 0 Å². The Bertz CT molecular complexity index is 113. The van der Waals surface area contributed by atoms with Gasteiger partial charge in [0.15, 0.2) is 0 Å². The summed E-state index contributed by atoms with van der Waals surface area (Å²) in [6.07, 6.45) is 0. The topological polar surface area (TPSA) is 58.6 Å². The SMILES string of the molecule is COCOCN(COCOC)COCOC. The van der Waals surface area contributed by atoms with Gasteiger partial charge in [-0.05, 0) is 0 Å². The average Bonchev–Trinajstić information content (AvgIpc) is 2.29. The van der Waals surface area contributed by atoms with Gasteiger partial charge < -0.3 is 28.4 Å². The van der Waals surface area contributed by atoms with Crippen molar-refractivity contribution >= 4 is 0 Å². The summed E-state index contributed by atoms with van der Waals surface area (Å²) in [7, 11) is 4.69. The molecule has 0 heterocycles. The molecule has 0 aliphatic rings. The highest BCUT2D eigenvalue weighted by molar-refractivity contribution is 4.36. The van der Waals surface area contributed by atoms with Crippen molar-refractivity contribution in [3.63, 3.8) is 0 Å². The molecule has 7 heteroatoms. The van der Waals surface area contributed by atoms with Crippen molar-refractivity contribution < 1.29 is 28.4 Å². The molecule has 0 aromatic heterocycles. The van der Waals surface area contributed by atoms with E-state index in [0.29, 0.717) is 20.2 Å². The fourth-order valence-electron chi connectivity index (χ4n) is 0.861. The van der Waals surface area contributed by atoms with Crippen LogP contribution in [-0.2, 0) is 28.4 Å². The third-order valence-corrected chi connectivity index (χ3v) is 1.43. The van der Waals surface area contributed by atoms with Gasteiger partial charge in [-0.25, -0.2) is 4.90 Å². The quantitative estimate of drug-likeness (QED) is 0.351. The van der Waals surface area contributed by atoms with Gasteiger partial charge in [0, 0.05) is 21.3 Å². The number of methoxy groups -OCH3 is 3. The van der Waals surface area contributed by atoms with E-state index in [0.717, 1.165) is 0 Å². The lowest BCUT2D eigenvalue weighted by atomic mass is 10.8. The second-order valence-electron chi connectivity index (χ2n) is 2.89. The molecule has 0 unspecified atom stereocenters. The zero-order valence-corrected chi connectivity index (χ0v) is 10.1. The van der Waals surface area contributed by atoms with Crippen LogP contribution in [0.3, 0.4) is 0 Å². The first-order valence-electron chi connectivity index (χ1n) is 4.77. The molecule has 0 aliphatic heterocycles. The van der Waals surface area contributed by atoms with E-state index in [4.69, 9.17) is 28.4 Å². The van der Waals surface area contributed by atoms with Crippen LogP contribution in [0.25, 0.3) is 0 Å². The highest BCUT2D eigenvalue weighted by Gasteiger charge is 2.04. The van der Waals surface area contributed by atoms with E-state index in [1.165, 1.54) is 0 Å². The van der Waals surface area contributed by atoms with E-state index in [-0.39, 0.29) is 20.4 Å². The van der Waals surface area contributed by atoms with Gasteiger partial charge in [0.05, 0.1) is 0 Å². The van der Waals surface area contributed by atoms with Gasteiger partial charge in [0.2, 0.25) is 0 Å². The molecule has 7 nitrogen and oxygen atoms in total. The Kier molecular flexibility index (Phi) is 12.6. The van der Waals surface area contributed by atoms with Crippen LogP contribution < -0.4 is 0 Å². The zero-order valence-electron chi connectivity index (χ0n) is 10.1. The van der Waals surface area contributed by atoms with Crippen molar-refractivity contribution in [3.05, 3.63) is 0 Å². The lowest BCUT2D eigenvalue weighted by Gasteiger charge is -2.21. The molecule has 0 spiro atoms. The smallest absolute Gasteiger partial charge is 0.148 e. The third kappa shape index (κ3) is 10.2. The normalized spacial score (nSPS) is 11.2. The summed E-state index contributed by atoms with van der Waals surface area (Å²) < 4.78 is 29.8. The van der Waals surface area contributed by atoms with Crippen LogP contribution in [0.5, 0.6) is 0 Å². The molecule has 0 aromatic carbocycles. The summed E-state index contributed by atoms with van der Waals surface area (Å²) in [5, 5.41) is 0. The van der Waals surface area contributed by atoms with Gasteiger partial charge in [-0.15, -0.1) is 0 Å². The predicted octanol–water partition coefficient (Wildman–Crippen LogP) is 0.0224. The molecule has 0 saturated carbocycles. The summed E-state index contributed by atoms with van der Waals surface area (Å²) in [6, 6.07) is 0. The molecule has 98 valence electrons. The maximum Gasteiger partial charge on any atom is 0.148 e. The van der Waals surface area contributed by atoms with Gasteiger partial charge in [-0.2, -0.15) is 0 Å². The van der Waals surface area contributed by atoms with Gasteiger partial charge in [-0.1, -0.05) is 0 Å². The molecule has 16 heavy (non-hydrogen) atoms. The molecule has 0 aromatic rings. The molecule has 0 amide bonds. The number of hydrogen-bond acceptors (Lipinski definition) is 7. The number of ether oxygens (including phenoxy) is 6. The molecule has 0 saturated heterocycles. The number of rotatable bonds is 12. The van der Waals surface area contributed by atoms with Gasteiger partial charge in [0.1, 0.15) is 40.6 Å². The largest absolute Gasteiger partial charge is 0.359 e.